The summed E-state index contributed by atoms with van der Waals surface area (Å²) >= 11 is 0. The van der Waals surface area contributed by atoms with E-state index in [1.807, 2.05) is 24.3 Å². The molecule has 0 heterocycles. The number of amides is 1. The molecule has 17 heavy (non-hydrogen) atoms. The molecule has 1 amide bonds. The molecule has 0 saturated heterocycles. The van der Waals surface area contributed by atoms with Crippen LogP contribution in [-0.2, 0) is 4.79 Å². The minimum atomic E-state index is -0.110. The Bertz CT molecular complexity index is 352. The molecule has 0 aliphatic carbocycles. The Morgan fingerprint density at radius 2 is 2.06 bits per heavy atom. The number of benzene rings is 1. The quantitative estimate of drug-likeness (QED) is 0.715. The number of unbranched alkanes of at least 4 members (excludes halogenated alkanes) is 2. The first-order chi connectivity index (χ1) is 8.24. The van der Waals surface area contributed by atoms with Crippen LogP contribution in [0, 0.1) is 0 Å². The van der Waals surface area contributed by atoms with Crippen LogP contribution < -0.4 is 10.1 Å². The molecule has 0 saturated carbocycles. The van der Waals surface area contributed by atoms with Crippen LogP contribution in [0.4, 0.5) is 5.69 Å². The van der Waals surface area contributed by atoms with E-state index < -0.39 is 0 Å². The summed E-state index contributed by atoms with van der Waals surface area (Å²) < 4.78 is 5.59. The fourth-order valence-electron chi connectivity index (χ4n) is 1.46. The number of hydrogen-bond donors (Lipinski definition) is 2. The summed E-state index contributed by atoms with van der Waals surface area (Å²) in [6.07, 6.45) is 2.64. The van der Waals surface area contributed by atoms with Crippen LogP contribution in [0.15, 0.2) is 24.3 Å². The zero-order valence-electron chi connectivity index (χ0n) is 10.1. The molecule has 0 aliphatic heterocycles. The number of hydrogen-bond acceptors (Lipinski definition) is 3. The van der Waals surface area contributed by atoms with E-state index in [0.29, 0.717) is 18.0 Å². The van der Waals surface area contributed by atoms with Crippen LogP contribution in [0.3, 0.4) is 0 Å². The number of carbonyl (C=O) groups is 1. The second-order valence-corrected chi connectivity index (χ2v) is 3.81. The third-order valence-corrected chi connectivity index (χ3v) is 2.26. The summed E-state index contributed by atoms with van der Waals surface area (Å²) in [4.78, 5) is 11.0. The molecule has 0 atom stereocenters. The van der Waals surface area contributed by atoms with Gasteiger partial charge in [-0.15, -0.1) is 0 Å². The SMILES string of the molecule is CC(=O)Nc1ccccc1OCCCCCO. The van der Waals surface area contributed by atoms with Gasteiger partial charge in [-0.2, -0.15) is 0 Å². The number of para-hydroxylation sites is 2. The van der Waals surface area contributed by atoms with Gasteiger partial charge in [0.25, 0.3) is 0 Å². The maximum Gasteiger partial charge on any atom is 0.221 e. The van der Waals surface area contributed by atoms with Crippen LogP contribution in [0.5, 0.6) is 5.75 Å². The number of ether oxygens (including phenoxy) is 1. The summed E-state index contributed by atoms with van der Waals surface area (Å²) in [6.45, 7) is 2.29. The molecular weight excluding hydrogens is 218 g/mol. The van der Waals surface area contributed by atoms with E-state index in [1.54, 1.807) is 0 Å². The molecule has 0 fully saturated rings. The van der Waals surface area contributed by atoms with Gasteiger partial charge < -0.3 is 15.2 Å². The van der Waals surface area contributed by atoms with Crippen molar-refractivity contribution >= 4 is 11.6 Å². The molecule has 0 radical (unpaired) electrons. The number of anilines is 1. The van der Waals surface area contributed by atoms with Crippen LogP contribution in [-0.4, -0.2) is 24.2 Å². The van der Waals surface area contributed by atoms with Gasteiger partial charge in [-0.05, 0) is 31.4 Å². The molecule has 0 bridgehead atoms. The Morgan fingerprint density at radius 3 is 2.76 bits per heavy atom. The lowest BCUT2D eigenvalue weighted by Crippen LogP contribution is -2.08. The lowest BCUT2D eigenvalue weighted by Gasteiger charge is -2.11. The number of rotatable bonds is 7. The molecule has 0 spiro atoms. The number of aliphatic hydroxyl groups is 1. The topological polar surface area (TPSA) is 58.6 Å². The first-order valence-electron chi connectivity index (χ1n) is 5.84. The van der Waals surface area contributed by atoms with Crippen molar-refractivity contribution in [3.05, 3.63) is 24.3 Å². The van der Waals surface area contributed by atoms with Crippen LogP contribution in [0.25, 0.3) is 0 Å². The van der Waals surface area contributed by atoms with E-state index in [2.05, 4.69) is 5.32 Å². The summed E-state index contributed by atoms with van der Waals surface area (Å²) in [5.74, 6) is 0.577. The summed E-state index contributed by atoms with van der Waals surface area (Å²) in [5.41, 5.74) is 0.696. The van der Waals surface area contributed by atoms with Crippen molar-refractivity contribution in [1.29, 1.82) is 0 Å². The molecular formula is C13H19NO3. The molecule has 0 unspecified atom stereocenters. The first kappa shape index (κ1) is 13.5. The monoisotopic (exact) mass is 237 g/mol. The summed E-state index contributed by atoms with van der Waals surface area (Å²) in [7, 11) is 0. The van der Waals surface area contributed by atoms with E-state index in [0.717, 1.165) is 19.3 Å². The Labute approximate surface area is 102 Å². The minimum Gasteiger partial charge on any atom is -0.491 e. The van der Waals surface area contributed by atoms with Crippen molar-refractivity contribution in [1.82, 2.24) is 0 Å². The molecule has 94 valence electrons. The van der Waals surface area contributed by atoms with Gasteiger partial charge in [0.05, 0.1) is 12.3 Å². The zero-order chi connectivity index (χ0) is 12.5. The second-order valence-electron chi connectivity index (χ2n) is 3.81. The van der Waals surface area contributed by atoms with E-state index >= 15 is 0 Å². The second kappa shape index (κ2) is 7.68. The molecule has 0 aliphatic rings. The van der Waals surface area contributed by atoms with Crippen molar-refractivity contribution in [2.75, 3.05) is 18.5 Å². The standard InChI is InChI=1S/C13H19NO3/c1-11(16)14-12-7-3-4-8-13(12)17-10-6-2-5-9-15/h3-4,7-8,15H,2,5-6,9-10H2,1H3,(H,14,16). The molecule has 0 aromatic heterocycles. The third kappa shape index (κ3) is 5.36. The van der Waals surface area contributed by atoms with Crippen molar-refractivity contribution in [3.8, 4) is 5.75 Å². The van der Waals surface area contributed by atoms with E-state index in [9.17, 15) is 4.79 Å². The Balaban J connectivity index is 2.43. The highest BCUT2D eigenvalue weighted by Crippen LogP contribution is 2.23. The maximum atomic E-state index is 11.0. The van der Waals surface area contributed by atoms with E-state index in [-0.39, 0.29) is 12.5 Å². The highest BCUT2D eigenvalue weighted by atomic mass is 16.5. The van der Waals surface area contributed by atoms with Gasteiger partial charge in [-0.3, -0.25) is 4.79 Å². The lowest BCUT2D eigenvalue weighted by molar-refractivity contribution is -0.114. The number of nitrogens with one attached hydrogen (secondary N) is 1. The maximum absolute atomic E-state index is 11.0. The van der Waals surface area contributed by atoms with Gasteiger partial charge >= 0.3 is 0 Å². The highest BCUT2D eigenvalue weighted by Gasteiger charge is 2.03. The zero-order valence-corrected chi connectivity index (χ0v) is 10.1. The van der Waals surface area contributed by atoms with E-state index in [4.69, 9.17) is 9.84 Å². The van der Waals surface area contributed by atoms with Gasteiger partial charge in [-0.25, -0.2) is 0 Å². The number of carbonyl (C=O) groups excluding carboxylic acids is 1. The van der Waals surface area contributed by atoms with Gasteiger partial charge in [0.15, 0.2) is 0 Å². The fourth-order valence-corrected chi connectivity index (χ4v) is 1.46. The van der Waals surface area contributed by atoms with Crippen LogP contribution >= 0.6 is 0 Å². The van der Waals surface area contributed by atoms with Gasteiger partial charge in [0, 0.05) is 13.5 Å². The first-order valence-corrected chi connectivity index (χ1v) is 5.84. The van der Waals surface area contributed by atoms with Gasteiger partial charge in [-0.1, -0.05) is 12.1 Å². The van der Waals surface area contributed by atoms with Crippen LogP contribution in [0.2, 0.25) is 0 Å². The third-order valence-electron chi connectivity index (χ3n) is 2.26. The Hall–Kier alpha value is -1.55. The summed E-state index contributed by atoms with van der Waals surface area (Å²) in [6, 6.07) is 7.36. The molecule has 4 nitrogen and oxygen atoms in total. The molecule has 2 N–H and O–H groups in total. The number of aliphatic hydroxyl groups excluding tert-OH is 1. The highest BCUT2D eigenvalue weighted by molar-refractivity contribution is 5.90. The van der Waals surface area contributed by atoms with Crippen molar-refractivity contribution in [2.45, 2.75) is 26.2 Å². The molecule has 4 heteroatoms. The van der Waals surface area contributed by atoms with Crippen molar-refractivity contribution < 1.29 is 14.6 Å². The Kier molecular flexibility index (Phi) is 6.10. The predicted molar refractivity (Wildman–Crippen MR) is 67.2 cm³/mol. The van der Waals surface area contributed by atoms with Gasteiger partial charge in [0.2, 0.25) is 5.91 Å². The predicted octanol–water partition coefficient (Wildman–Crippen LogP) is 2.19. The van der Waals surface area contributed by atoms with Crippen molar-refractivity contribution in [3.63, 3.8) is 0 Å². The smallest absolute Gasteiger partial charge is 0.221 e. The van der Waals surface area contributed by atoms with Gasteiger partial charge in [0.1, 0.15) is 5.75 Å². The Morgan fingerprint density at radius 1 is 1.29 bits per heavy atom. The molecule has 1 aromatic carbocycles. The van der Waals surface area contributed by atoms with Crippen molar-refractivity contribution in [2.24, 2.45) is 0 Å². The summed E-state index contributed by atoms with van der Waals surface area (Å²) in [5, 5.41) is 11.4. The fraction of sp³-hybridized carbons (Fsp3) is 0.462. The van der Waals surface area contributed by atoms with E-state index in [1.165, 1.54) is 6.92 Å². The average molecular weight is 237 g/mol. The minimum absolute atomic E-state index is 0.110. The largest absolute Gasteiger partial charge is 0.491 e. The average Bonchev–Trinajstić information content (AvgIpc) is 2.30. The lowest BCUT2D eigenvalue weighted by atomic mass is 10.2. The molecule has 1 rings (SSSR count). The molecule has 1 aromatic rings. The normalized spacial score (nSPS) is 10.0. The van der Waals surface area contributed by atoms with Crippen LogP contribution in [0.1, 0.15) is 26.2 Å².